The molecule has 5 aliphatic carbocycles. The Morgan fingerprint density at radius 3 is 2.14 bits per heavy atom. The van der Waals surface area contributed by atoms with Crippen LogP contribution in [0, 0.1) is 17.8 Å². The number of aromatic nitrogens is 2. The summed E-state index contributed by atoms with van der Waals surface area (Å²) in [7, 11) is 0. The molecular weight excluding hydrogens is 490 g/mol. The zero-order chi connectivity index (χ0) is 25.3. The lowest BCUT2D eigenvalue weighted by Crippen LogP contribution is -2.62. The van der Waals surface area contributed by atoms with Gasteiger partial charge in [0.25, 0.3) is 11.8 Å². The second-order valence-electron chi connectivity index (χ2n) is 11.7. The average molecular weight is 520 g/mol. The number of benzene rings is 1. The van der Waals surface area contributed by atoms with Crippen molar-refractivity contribution in [3.8, 4) is 0 Å². The summed E-state index contributed by atoms with van der Waals surface area (Å²) in [5, 5.41) is 9.34. The predicted octanol–water partition coefficient (Wildman–Crippen LogP) is 2.95. The first-order valence-electron chi connectivity index (χ1n) is 13.3. The van der Waals surface area contributed by atoms with Crippen molar-refractivity contribution in [3.63, 3.8) is 0 Å². The zero-order valence-corrected chi connectivity index (χ0v) is 21.3. The van der Waals surface area contributed by atoms with Crippen LogP contribution in [-0.4, -0.2) is 61.1 Å². The lowest BCUT2D eigenvalue weighted by atomic mass is 9.53. The van der Waals surface area contributed by atoms with E-state index in [9.17, 15) is 19.2 Å². The number of carbonyl (C=O) groups excluding carboxylic acids is 4. The quantitative estimate of drug-likeness (QED) is 0.563. The number of hydrogen-bond donors (Lipinski definition) is 1. The SMILES string of the molecule is O=C(NC12CC3CC(CC(C3)C1)C2)[C@H](c1csnn1)N(C(=O)CN1C(=O)c2ccccc2C1=O)C1CC1. The molecule has 192 valence electrons. The molecule has 1 aliphatic heterocycles. The van der Waals surface area contributed by atoms with E-state index in [4.69, 9.17) is 0 Å². The Morgan fingerprint density at radius 2 is 1.62 bits per heavy atom. The molecule has 6 aliphatic rings. The normalized spacial score (nSPS) is 30.4. The van der Waals surface area contributed by atoms with Crippen molar-refractivity contribution in [2.45, 2.75) is 69.0 Å². The van der Waals surface area contributed by atoms with Gasteiger partial charge in [-0.05, 0) is 92.8 Å². The molecule has 2 heterocycles. The van der Waals surface area contributed by atoms with Gasteiger partial charge in [-0.1, -0.05) is 16.6 Å². The number of rotatable bonds is 7. The van der Waals surface area contributed by atoms with E-state index < -0.39 is 30.3 Å². The Hall–Kier alpha value is -3.14. The van der Waals surface area contributed by atoms with Gasteiger partial charge in [0.2, 0.25) is 11.8 Å². The highest BCUT2D eigenvalue weighted by atomic mass is 32.1. The van der Waals surface area contributed by atoms with Crippen LogP contribution in [0.1, 0.15) is 83.8 Å². The topological polar surface area (TPSA) is 113 Å². The predicted molar refractivity (Wildman–Crippen MR) is 133 cm³/mol. The number of amides is 4. The van der Waals surface area contributed by atoms with Gasteiger partial charge < -0.3 is 10.2 Å². The van der Waals surface area contributed by atoms with E-state index in [0.717, 1.165) is 48.5 Å². The van der Waals surface area contributed by atoms with Crippen molar-refractivity contribution in [1.29, 1.82) is 0 Å². The molecule has 5 fully saturated rings. The minimum atomic E-state index is -0.929. The first kappa shape index (κ1) is 23.0. The van der Waals surface area contributed by atoms with Gasteiger partial charge in [0.15, 0.2) is 6.04 Å². The molecule has 4 bridgehead atoms. The molecule has 10 heteroatoms. The molecule has 2 aromatic rings. The lowest BCUT2D eigenvalue weighted by Gasteiger charge is -2.57. The van der Waals surface area contributed by atoms with Crippen LogP contribution in [0.5, 0.6) is 0 Å². The van der Waals surface area contributed by atoms with Crippen molar-refractivity contribution < 1.29 is 19.2 Å². The monoisotopic (exact) mass is 519 g/mol. The second-order valence-corrected chi connectivity index (χ2v) is 12.3. The maximum atomic E-state index is 14.0. The van der Waals surface area contributed by atoms with Crippen LogP contribution in [0.15, 0.2) is 29.6 Å². The van der Waals surface area contributed by atoms with Crippen molar-refractivity contribution >= 4 is 35.2 Å². The first-order chi connectivity index (χ1) is 17.9. The standard InChI is InChI=1S/C27H29N5O4S/c33-22(13-31-25(35)19-3-1-2-4-20(19)26(31)36)32(18-5-6-18)23(21-14-37-30-29-21)24(34)28-27-10-15-7-16(11-27)9-17(8-15)12-27/h1-4,14-18,23H,5-13H2,(H,28,34)/t15?,16?,17?,23-,27?/m0/s1. The van der Waals surface area contributed by atoms with Crippen LogP contribution in [0.25, 0.3) is 0 Å². The van der Waals surface area contributed by atoms with Crippen molar-refractivity contribution in [2.24, 2.45) is 17.8 Å². The fraction of sp³-hybridized carbons (Fsp3) is 0.556. The van der Waals surface area contributed by atoms with Crippen molar-refractivity contribution in [1.82, 2.24) is 24.7 Å². The van der Waals surface area contributed by atoms with E-state index >= 15 is 0 Å². The molecule has 4 amide bonds. The summed E-state index contributed by atoms with van der Waals surface area (Å²) in [5.74, 6) is 0.403. The van der Waals surface area contributed by atoms with Gasteiger partial charge in [-0.25, -0.2) is 0 Å². The van der Waals surface area contributed by atoms with E-state index in [0.29, 0.717) is 34.6 Å². The van der Waals surface area contributed by atoms with Crippen LogP contribution in [0.3, 0.4) is 0 Å². The largest absolute Gasteiger partial charge is 0.348 e. The summed E-state index contributed by atoms with van der Waals surface area (Å²) in [6.07, 6.45) is 8.33. The van der Waals surface area contributed by atoms with Crippen LogP contribution < -0.4 is 5.32 Å². The molecule has 0 spiro atoms. The summed E-state index contributed by atoms with van der Waals surface area (Å²) in [6.45, 7) is -0.401. The fourth-order valence-electron chi connectivity index (χ4n) is 7.80. The molecule has 1 atom stereocenters. The number of imide groups is 1. The molecule has 1 aromatic carbocycles. The number of fused-ring (bicyclic) bond motifs is 1. The second kappa shape index (κ2) is 8.44. The number of nitrogens with zero attached hydrogens (tertiary/aromatic N) is 4. The fourth-order valence-corrected chi connectivity index (χ4v) is 8.27. The van der Waals surface area contributed by atoms with Gasteiger partial charge in [-0.3, -0.25) is 24.1 Å². The highest BCUT2D eigenvalue weighted by Gasteiger charge is 2.53. The maximum Gasteiger partial charge on any atom is 0.262 e. The van der Waals surface area contributed by atoms with E-state index in [1.54, 1.807) is 34.5 Å². The minimum Gasteiger partial charge on any atom is -0.348 e. The molecule has 0 radical (unpaired) electrons. The van der Waals surface area contributed by atoms with E-state index in [1.807, 2.05) is 0 Å². The molecule has 0 unspecified atom stereocenters. The third-order valence-corrected chi connectivity index (χ3v) is 9.53. The van der Waals surface area contributed by atoms with Crippen molar-refractivity contribution in [2.75, 3.05) is 6.54 Å². The van der Waals surface area contributed by atoms with Gasteiger partial charge in [0.05, 0.1) is 11.1 Å². The average Bonchev–Trinajstić information content (AvgIpc) is 3.50. The van der Waals surface area contributed by atoms with Gasteiger partial charge >= 0.3 is 0 Å². The zero-order valence-electron chi connectivity index (χ0n) is 20.5. The smallest absolute Gasteiger partial charge is 0.262 e. The van der Waals surface area contributed by atoms with Gasteiger partial charge in [-0.15, -0.1) is 5.10 Å². The third kappa shape index (κ3) is 3.88. The highest BCUT2D eigenvalue weighted by molar-refractivity contribution is 7.03. The van der Waals surface area contributed by atoms with Gasteiger partial charge in [0, 0.05) is 17.0 Å². The molecule has 9 nitrogen and oxygen atoms in total. The maximum absolute atomic E-state index is 14.0. The summed E-state index contributed by atoms with van der Waals surface area (Å²) in [4.78, 5) is 56.2. The molecule has 37 heavy (non-hydrogen) atoms. The van der Waals surface area contributed by atoms with Crippen LogP contribution in [0.2, 0.25) is 0 Å². The molecule has 5 saturated carbocycles. The Bertz CT molecular complexity index is 1220. The third-order valence-electron chi connectivity index (χ3n) is 9.01. The highest BCUT2D eigenvalue weighted by Crippen LogP contribution is 2.55. The lowest BCUT2D eigenvalue weighted by molar-refractivity contribution is -0.144. The van der Waals surface area contributed by atoms with Crippen LogP contribution in [-0.2, 0) is 9.59 Å². The Labute approximate surface area is 218 Å². The molecule has 8 rings (SSSR count). The Balaban J connectivity index is 1.16. The molecule has 1 aromatic heterocycles. The van der Waals surface area contributed by atoms with E-state index in [2.05, 4.69) is 14.9 Å². The summed E-state index contributed by atoms with van der Waals surface area (Å²) in [5.41, 5.74) is 0.833. The van der Waals surface area contributed by atoms with E-state index in [1.165, 1.54) is 19.3 Å². The molecule has 1 N–H and O–H groups in total. The van der Waals surface area contributed by atoms with Crippen molar-refractivity contribution in [3.05, 3.63) is 46.5 Å². The van der Waals surface area contributed by atoms with Gasteiger partial charge in [-0.2, -0.15) is 0 Å². The van der Waals surface area contributed by atoms with E-state index in [-0.39, 0.29) is 17.5 Å². The number of nitrogens with one attached hydrogen (secondary N) is 1. The number of carbonyl (C=O) groups is 4. The molecule has 0 saturated heterocycles. The Kier molecular flexibility index (Phi) is 5.25. The first-order valence-corrected chi connectivity index (χ1v) is 14.1. The van der Waals surface area contributed by atoms with Crippen LogP contribution in [0.4, 0.5) is 0 Å². The number of hydrogen-bond acceptors (Lipinski definition) is 7. The van der Waals surface area contributed by atoms with Crippen LogP contribution >= 0.6 is 11.5 Å². The Morgan fingerprint density at radius 1 is 1.03 bits per heavy atom. The summed E-state index contributed by atoms with van der Waals surface area (Å²) in [6, 6.07) is 5.54. The summed E-state index contributed by atoms with van der Waals surface area (Å²) < 4.78 is 3.98. The van der Waals surface area contributed by atoms with Gasteiger partial charge in [0.1, 0.15) is 12.2 Å². The summed E-state index contributed by atoms with van der Waals surface area (Å²) >= 11 is 1.14. The minimum absolute atomic E-state index is 0.128. The molecular formula is C27H29N5O4S.